The van der Waals surface area contributed by atoms with Crippen LogP contribution in [0.3, 0.4) is 0 Å². The van der Waals surface area contributed by atoms with E-state index in [9.17, 15) is 9.18 Å². The highest BCUT2D eigenvalue weighted by Crippen LogP contribution is 2.35. The summed E-state index contributed by atoms with van der Waals surface area (Å²) in [5.74, 6) is 1.16. The van der Waals surface area contributed by atoms with Gasteiger partial charge in [0, 0.05) is 31.5 Å². The number of carbonyl (C=O) groups excluding carboxylic acids is 1. The first kappa shape index (κ1) is 17.0. The molecule has 0 spiro atoms. The number of alkyl halides is 1. The largest absolute Gasteiger partial charge is 0.377 e. The Hall–Kier alpha value is -1.42. The molecule has 4 rings (SSSR count). The number of piperidine rings is 1. The molecular formula is C21H28FNO2. The average molecular weight is 345 g/mol. The molecule has 0 unspecified atom stereocenters. The molecule has 2 atom stereocenters. The van der Waals surface area contributed by atoms with Gasteiger partial charge >= 0.3 is 0 Å². The van der Waals surface area contributed by atoms with Gasteiger partial charge in [0.15, 0.2) is 0 Å². The van der Waals surface area contributed by atoms with Crippen LogP contribution in [0.25, 0.3) is 0 Å². The van der Waals surface area contributed by atoms with E-state index in [2.05, 4.69) is 24.3 Å². The molecule has 2 saturated carbocycles. The van der Waals surface area contributed by atoms with Crippen LogP contribution in [0.4, 0.5) is 4.39 Å². The van der Waals surface area contributed by atoms with Crippen molar-refractivity contribution >= 4 is 5.91 Å². The quantitative estimate of drug-likeness (QED) is 0.788. The van der Waals surface area contributed by atoms with Gasteiger partial charge in [0.05, 0.1) is 6.10 Å². The van der Waals surface area contributed by atoms with Gasteiger partial charge in [-0.25, -0.2) is 4.39 Å². The molecule has 1 aliphatic heterocycles. The number of carbonyl (C=O) groups is 1. The molecule has 136 valence electrons. The standard InChI is InChI=1S/C21H28FNO2/c22-19-11-17(12-19)21(24)23-9-8-20(25-14-16-6-7-16)18(13-23)10-15-4-2-1-3-5-15/h1-5,16-20H,6-14H2/t17?,18-,19?,20-/m1/s1. The SMILES string of the molecule is O=C(C1CC(F)C1)N1CC[C@@H](OCC2CC2)[C@H](Cc2ccccc2)C1. The molecule has 3 nitrogen and oxygen atoms in total. The average Bonchev–Trinajstić information content (AvgIpc) is 3.42. The molecule has 3 aliphatic rings. The van der Waals surface area contributed by atoms with Crippen LogP contribution in [0.15, 0.2) is 30.3 Å². The maximum absolute atomic E-state index is 13.1. The number of nitrogens with zero attached hydrogens (tertiary/aromatic N) is 1. The Labute approximate surface area is 149 Å². The number of amides is 1. The van der Waals surface area contributed by atoms with Gasteiger partial charge in [-0.1, -0.05) is 30.3 Å². The summed E-state index contributed by atoms with van der Waals surface area (Å²) < 4.78 is 19.4. The molecule has 4 heteroatoms. The highest BCUT2D eigenvalue weighted by atomic mass is 19.1. The van der Waals surface area contributed by atoms with E-state index >= 15 is 0 Å². The summed E-state index contributed by atoms with van der Waals surface area (Å²) in [4.78, 5) is 14.6. The molecule has 2 aliphatic carbocycles. The summed E-state index contributed by atoms with van der Waals surface area (Å²) in [6, 6.07) is 10.5. The van der Waals surface area contributed by atoms with Crippen LogP contribution in [-0.4, -0.2) is 42.8 Å². The number of rotatable bonds is 6. The van der Waals surface area contributed by atoms with E-state index in [-0.39, 0.29) is 17.9 Å². The second-order valence-electron chi connectivity index (χ2n) is 8.10. The van der Waals surface area contributed by atoms with Crippen molar-refractivity contribution < 1.29 is 13.9 Å². The Morgan fingerprint density at radius 2 is 1.92 bits per heavy atom. The van der Waals surface area contributed by atoms with Gasteiger partial charge < -0.3 is 9.64 Å². The van der Waals surface area contributed by atoms with E-state index in [0.29, 0.717) is 18.8 Å². The van der Waals surface area contributed by atoms with Crippen LogP contribution < -0.4 is 0 Å². The smallest absolute Gasteiger partial charge is 0.225 e. The summed E-state index contributed by atoms with van der Waals surface area (Å²) in [6.07, 6.45) is 4.74. The molecule has 3 fully saturated rings. The van der Waals surface area contributed by atoms with Gasteiger partial charge in [0.2, 0.25) is 5.91 Å². The molecule has 0 radical (unpaired) electrons. The summed E-state index contributed by atoms with van der Waals surface area (Å²) in [5.41, 5.74) is 1.30. The number of halogens is 1. The van der Waals surface area contributed by atoms with Crippen molar-refractivity contribution in [3.05, 3.63) is 35.9 Å². The van der Waals surface area contributed by atoms with Gasteiger partial charge in [-0.2, -0.15) is 0 Å². The van der Waals surface area contributed by atoms with Crippen molar-refractivity contribution in [2.45, 2.75) is 50.8 Å². The van der Waals surface area contributed by atoms with Crippen LogP contribution in [0.2, 0.25) is 0 Å². The molecule has 1 saturated heterocycles. The number of ether oxygens (including phenoxy) is 1. The van der Waals surface area contributed by atoms with E-state index in [1.165, 1.54) is 18.4 Å². The monoisotopic (exact) mass is 345 g/mol. The molecule has 0 N–H and O–H groups in total. The fourth-order valence-corrected chi connectivity index (χ4v) is 4.10. The molecule has 25 heavy (non-hydrogen) atoms. The van der Waals surface area contributed by atoms with Gasteiger partial charge in [-0.3, -0.25) is 4.79 Å². The predicted molar refractivity (Wildman–Crippen MR) is 94.9 cm³/mol. The minimum Gasteiger partial charge on any atom is -0.377 e. The van der Waals surface area contributed by atoms with Crippen molar-refractivity contribution in [1.82, 2.24) is 4.90 Å². The van der Waals surface area contributed by atoms with Crippen LogP contribution >= 0.6 is 0 Å². The number of benzene rings is 1. The number of hydrogen-bond acceptors (Lipinski definition) is 2. The maximum Gasteiger partial charge on any atom is 0.225 e. The molecular weight excluding hydrogens is 317 g/mol. The lowest BCUT2D eigenvalue weighted by Gasteiger charge is -2.41. The Balaban J connectivity index is 1.39. The van der Waals surface area contributed by atoms with Crippen LogP contribution in [0, 0.1) is 17.8 Å². The Morgan fingerprint density at radius 1 is 1.16 bits per heavy atom. The summed E-state index contributed by atoms with van der Waals surface area (Å²) in [5, 5.41) is 0. The van der Waals surface area contributed by atoms with Gasteiger partial charge in [-0.15, -0.1) is 0 Å². The number of likely N-dealkylation sites (tertiary alicyclic amines) is 1. The lowest BCUT2D eigenvalue weighted by atomic mass is 9.81. The third kappa shape index (κ3) is 4.22. The topological polar surface area (TPSA) is 29.5 Å². The van der Waals surface area contributed by atoms with Crippen molar-refractivity contribution in [2.75, 3.05) is 19.7 Å². The van der Waals surface area contributed by atoms with Crippen LogP contribution in [0.1, 0.15) is 37.7 Å². The van der Waals surface area contributed by atoms with E-state index in [0.717, 1.165) is 38.5 Å². The van der Waals surface area contributed by atoms with Crippen LogP contribution in [0.5, 0.6) is 0 Å². The lowest BCUT2D eigenvalue weighted by Crippen LogP contribution is -2.51. The minimum atomic E-state index is -0.770. The normalized spacial score (nSPS) is 32.3. The minimum absolute atomic E-state index is 0.0868. The van der Waals surface area contributed by atoms with Gasteiger partial charge in [0.1, 0.15) is 6.17 Å². The lowest BCUT2D eigenvalue weighted by molar-refractivity contribution is -0.145. The zero-order valence-electron chi connectivity index (χ0n) is 14.8. The molecule has 1 aromatic rings. The summed E-state index contributed by atoms with van der Waals surface area (Å²) in [6.45, 7) is 2.37. The first-order valence-electron chi connectivity index (χ1n) is 9.77. The third-order valence-electron chi connectivity index (χ3n) is 5.99. The molecule has 1 heterocycles. The fourth-order valence-electron chi connectivity index (χ4n) is 4.10. The highest BCUT2D eigenvalue weighted by molar-refractivity contribution is 5.80. The Kier molecular flexibility index (Phi) is 5.07. The van der Waals surface area contributed by atoms with Crippen molar-refractivity contribution in [3.8, 4) is 0 Å². The van der Waals surface area contributed by atoms with Crippen LogP contribution in [-0.2, 0) is 16.0 Å². The van der Waals surface area contributed by atoms with Gasteiger partial charge in [-0.05, 0) is 50.0 Å². The van der Waals surface area contributed by atoms with E-state index < -0.39 is 6.17 Å². The van der Waals surface area contributed by atoms with Crippen molar-refractivity contribution in [3.63, 3.8) is 0 Å². The third-order valence-corrected chi connectivity index (χ3v) is 5.99. The Bertz CT molecular complexity index is 583. The van der Waals surface area contributed by atoms with Crippen molar-refractivity contribution in [1.29, 1.82) is 0 Å². The fraction of sp³-hybridized carbons (Fsp3) is 0.667. The first-order chi connectivity index (χ1) is 12.2. The molecule has 0 bridgehead atoms. The van der Waals surface area contributed by atoms with E-state index in [1.54, 1.807) is 0 Å². The zero-order chi connectivity index (χ0) is 17.2. The number of hydrogen-bond donors (Lipinski definition) is 0. The zero-order valence-corrected chi connectivity index (χ0v) is 14.8. The second-order valence-corrected chi connectivity index (χ2v) is 8.10. The molecule has 1 amide bonds. The van der Waals surface area contributed by atoms with E-state index in [4.69, 9.17) is 4.74 Å². The predicted octanol–water partition coefficient (Wildman–Crippen LogP) is 3.62. The summed E-state index contributed by atoms with van der Waals surface area (Å²) >= 11 is 0. The highest BCUT2D eigenvalue weighted by Gasteiger charge is 2.40. The van der Waals surface area contributed by atoms with E-state index in [1.807, 2.05) is 11.0 Å². The maximum atomic E-state index is 13.1. The van der Waals surface area contributed by atoms with Gasteiger partial charge in [0.25, 0.3) is 0 Å². The van der Waals surface area contributed by atoms with Crippen molar-refractivity contribution in [2.24, 2.45) is 17.8 Å². The molecule has 0 aromatic heterocycles. The molecule has 1 aromatic carbocycles. The summed E-state index contributed by atoms with van der Waals surface area (Å²) in [7, 11) is 0. The second kappa shape index (κ2) is 7.45. The Morgan fingerprint density at radius 3 is 2.60 bits per heavy atom. The first-order valence-corrected chi connectivity index (χ1v) is 9.77.